The van der Waals surface area contributed by atoms with Crippen molar-refractivity contribution in [3.63, 3.8) is 0 Å². The van der Waals surface area contributed by atoms with E-state index in [2.05, 4.69) is 50.7 Å². The van der Waals surface area contributed by atoms with Gasteiger partial charge in [0.25, 0.3) is 5.91 Å². The number of hydrogen-bond donors (Lipinski definition) is 1. The molecule has 1 aliphatic rings. The molecule has 6 heteroatoms. The normalized spacial score (nSPS) is 17.9. The van der Waals surface area contributed by atoms with Gasteiger partial charge in [-0.2, -0.15) is 0 Å². The molecule has 0 radical (unpaired) electrons. The van der Waals surface area contributed by atoms with Crippen LogP contribution in [0.3, 0.4) is 0 Å². The fraction of sp³-hybridized carbons (Fsp3) is 0.381. The molecule has 0 aliphatic carbocycles. The second-order valence-electron chi connectivity index (χ2n) is 7.24. The summed E-state index contributed by atoms with van der Waals surface area (Å²) in [4.78, 5) is 15.1. The van der Waals surface area contributed by atoms with E-state index in [0.29, 0.717) is 23.7 Å². The van der Waals surface area contributed by atoms with E-state index in [1.165, 1.54) is 12.0 Å². The predicted octanol–water partition coefficient (Wildman–Crippen LogP) is 2.41. The third-order valence-corrected chi connectivity index (χ3v) is 5.28. The second-order valence-corrected chi connectivity index (χ2v) is 7.24. The van der Waals surface area contributed by atoms with Gasteiger partial charge < -0.3 is 10.2 Å². The lowest BCUT2D eigenvalue weighted by atomic mass is 9.97. The van der Waals surface area contributed by atoms with Crippen LogP contribution in [0.4, 0.5) is 0 Å². The topological polar surface area (TPSA) is 62.5 Å². The van der Waals surface area contributed by atoms with Crippen molar-refractivity contribution in [3.8, 4) is 0 Å². The summed E-state index contributed by atoms with van der Waals surface area (Å²) in [6, 6.07) is 14.3. The Bertz CT molecular complexity index is 892. The number of pyridine rings is 1. The van der Waals surface area contributed by atoms with Gasteiger partial charge in [0.15, 0.2) is 5.65 Å². The molecule has 1 aromatic carbocycles. The smallest absolute Gasteiger partial charge is 0.255 e. The van der Waals surface area contributed by atoms with Crippen molar-refractivity contribution in [2.45, 2.75) is 19.3 Å². The number of fused-ring (bicyclic) bond motifs is 1. The van der Waals surface area contributed by atoms with Gasteiger partial charge >= 0.3 is 0 Å². The highest BCUT2D eigenvalue weighted by molar-refractivity contribution is 5.99. The van der Waals surface area contributed by atoms with Crippen LogP contribution in [-0.4, -0.2) is 51.6 Å². The molecule has 1 saturated heterocycles. The van der Waals surface area contributed by atoms with Crippen molar-refractivity contribution in [1.29, 1.82) is 0 Å². The van der Waals surface area contributed by atoms with Gasteiger partial charge in [0.2, 0.25) is 0 Å². The van der Waals surface area contributed by atoms with Crippen molar-refractivity contribution < 1.29 is 4.79 Å². The van der Waals surface area contributed by atoms with Crippen molar-refractivity contribution >= 4 is 11.6 Å². The number of hydrogen-bond acceptors (Lipinski definition) is 4. The van der Waals surface area contributed by atoms with Crippen LogP contribution in [0.5, 0.6) is 0 Å². The average molecular weight is 363 g/mol. The van der Waals surface area contributed by atoms with E-state index in [-0.39, 0.29) is 5.91 Å². The van der Waals surface area contributed by atoms with Crippen molar-refractivity contribution in [2.75, 3.05) is 26.2 Å². The van der Waals surface area contributed by atoms with Crippen LogP contribution >= 0.6 is 0 Å². The second kappa shape index (κ2) is 8.31. The summed E-state index contributed by atoms with van der Waals surface area (Å²) in [6.07, 6.45) is 6.89. The van der Waals surface area contributed by atoms with Crippen molar-refractivity contribution in [2.24, 2.45) is 5.92 Å². The van der Waals surface area contributed by atoms with E-state index in [9.17, 15) is 4.79 Å². The Balaban J connectivity index is 1.29. The number of amides is 1. The van der Waals surface area contributed by atoms with Crippen molar-refractivity contribution in [3.05, 3.63) is 66.1 Å². The number of benzene rings is 1. The zero-order chi connectivity index (χ0) is 18.5. The average Bonchev–Trinajstić information content (AvgIpc) is 3.20. The molecule has 0 saturated carbocycles. The Hall–Kier alpha value is -2.73. The van der Waals surface area contributed by atoms with E-state index >= 15 is 0 Å². The van der Waals surface area contributed by atoms with Gasteiger partial charge in [-0.1, -0.05) is 30.3 Å². The largest absolute Gasteiger partial charge is 0.352 e. The predicted molar refractivity (Wildman–Crippen MR) is 105 cm³/mol. The van der Waals surface area contributed by atoms with Crippen LogP contribution in [0.2, 0.25) is 0 Å². The first kappa shape index (κ1) is 17.7. The van der Waals surface area contributed by atoms with E-state index < -0.39 is 0 Å². The molecule has 6 nitrogen and oxygen atoms in total. The van der Waals surface area contributed by atoms with Crippen LogP contribution in [0.1, 0.15) is 28.8 Å². The summed E-state index contributed by atoms with van der Waals surface area (Å²) >= 11 is 0. The lowest BCUT2D eigenvalue weighted by Crippen LogP contribution is -2.41. The molecule has 1 aliphatic heterocycles. The fourth-order valence-electron chi connectivity index (χ4n) is 3.81. The first-order valence-electron chi connectivity index (χ1n) is 9.62. The number of piperidine rings is 1. The summed E-state index contributed by atoms with van der Waals surface area (Å²) in [6.45, 7) is 3.97. The van der Waals surface area contributed by atoms with Gasteiger partial charge in [-0.25, -0.2) is 0 Å². The fourth-order valence-corrected chi connectivity index (χ4v) is 3.81. The first-order valence-corrected chi connectivity index (χ1v) is 9.62. The molecule has 0 bridgehead atoms. The molecule has 3 aromatic rings. The maximum Gasteiger partial charge on any atom is 0.255 e. The van der Waals surface area contributed by atoms with E-state index in [4.69, 9.17) is 0 Å². The number of aromatic nitrogens is 3. The minimum Gasteiger partial charge on any atom is -0.352 e. The van der Waals surface area contributed by atoms with E-state index in [0.717, 1.165) is 32.5 Å². The molecule has 0 spiro atoms. The van der Waals surface area contributed by atoms with Crippen LogP contribution in [0, 0.1) is 5.92 Å². The van der Waals surface area contributed by atoms with Crippen LogP contribution in [-0.2, 0) is 6.42 Å². The lowest BCUT2D eigenvalue weighted by molar-refractivity contribution is 0.0934. The number of carbonyl (C=O) groups excluding carboxylic acids is 1. The minimum atomic E-state index is -0.0741. The van der Waals surface area contributed by atoms with Gasteiger partial charge in [-0.05, 0) is 49.4 Å². The first-order chi connectivity index (χ1) is 13.3. The molecule has 1 N–H and O–H groups in total. The van der Waals surface area contributed by atoms with Gasteiger partial charge in [-0.15, -0.1) is 10.2 Å². The lowest BCUT2D eigenvalue weighted by Gasteiger charge is -2.32. The summed E-state index contributed by atoms with van der Waals surface area (Å²) < 4.78 is 1.76. The Morgan fingerprint density at radius 1 is 1.19 bits per heavy atom. The number of nitrogens with one attached hydrogen (secondary N) is 1. The molecular weight excluding hydrogens is 338 g/mol. The highest BCUT2D eigenvalue weighted by Crippen LogP contribution is 2.17. The highest BCUT2D eigenvalue weighted by atomic mass is 16.1. The Morgan fingerprint density at radius 2 is 2.07 bits per heavy atom. The molecule has 1 fully saturated rings. The molecule has 4 rings (SSSR count). The molecule has 27 heavy (non-hydrogen) atoms. The molecule has 0 unspecified atom stereocenters. The minimum absolute atomic E-state index is 0.0741. The van der Waals surface area contributed by atoms with Gasteiger partial charge in [-0.3, -0.25) is 9.20 Å². The maximum atomic E-state index is 12.6. The van der Waals surface area contributed by atoms with Crippen molar-refractivity contribution in [1.82, 2.24) is 24.8 Å². The highest BCUT2D eigenvalue weighted by Gasteiger charge is 2.21. The summed E-state index contributed by atoms with van der Waals surface area (Å²) in [5.74, 6) is 0.422. The number of nitrogens with zero attached hydrogens (tertiary/aromatic N) is 4. The molecule has 1 amide bonds. The van der Waals surface area contributed by atoms with Crippen LogP contribution < -0.4 is 5.32 Å². The van der Waals surface area contributed by atoms with E-state index in [1.807, 2.05) is 12.3 Å². The maximum absolute atomic E-state index is 12.6. The monoisotopic (exact) mass is 363 g/mol. The molecule has 2 aromatic heterocycles. The van der Waals surface area contributed by atoms with Gasteiger partial charge in [0.1, 0.15) is 6.33 Å². The van der Waals surface area contributed by atoms with E-state index in [1.54, 1.807) is 16.8 Å². The standard InChI is InChI=1S/C21H25N5O/c27-21(19-9-5-12-26-16-23-24-20(19)26)22-14-18-8-4-11-25(15-18)13-10-17-6-2-1-3-7-17/h1-3,5-7,9,12,16,18H,4,8,10-11,13-15H2,(H,22,27)/t18-/m1/s1. The summed E-state index contributed by atoms with van der Waals surface area (Å²) in [7, 11) is 0. The summed E-state index contributed by atoms with van der Waals surface area (Å²) in [5.41, 5.74) is 2.56. The van der Waals surface area contributed by atoms with Gasteiger partial charge in [0.05, 0.1) is 5.56 Å². The third-order valence-electron chi connectivity index (χ3n) is 5.28. The Labute approximate surface area is 159 Å². The Morgan fingerprint density at radius 3 is 2.96 bits per heavy atom. The zero-order valence-electron chi connectivity index (χ0n) is 15.4. The quantitative estimate of drug-likeness (QED) is 0.731. The van der Waals surface area contributed by atoms with Crippen LogP contribution in [0.15, 0.2) is 55.0 Å². The Kier molecular flexibility index (Phi) is 5.44. The van der Waals surface area contributed by atoms with Gasteiger partial charge in [0, 0.05) is 25.8 Å². The zero-order valence-corrected chi connectivity index (χ0v) is 15.4. The number of rotatable bonds is 6. The SMILES string of the molecule is O=C(NC[C@H]1CCCN(CCc2ccccc2)C1)c1cccn2cnnc12. The molecule has 140 valence electrons. The number of likely N-dealkylation sites (tertiary alicyclic amines) is 1. The van der Waals surface area contributed by atoms with Crippen LogP contribution in [0.25, 0.3) is 5.65 Å². The molecular formula is C21H25N5O. The summed E-state index contributed by atoms with van der Waals surface area (Å²) in [5, 5.41) is 11.0. The third kappa shape index (κ3) is 4.34. The molecule has 1 atom stereocenters. The molecule has 3 heterocycles. The number of carbonyl (C=O) groups is 1.